The van der Waals surface area contributed by atoms with Crippen LogP contribution in [0.1, 0.15) is 12.5 Å². The summed E-state index contributed by atoms with van der Waals surface area (Å²) in [5.41, 5.74) is 1.18. The number of rotatable bonds is 4. The van der Waals surface area contributed by atoms with Gasteiger partial charge < -0.3 is 0 Å². The van der Waals surface area contributed by atoms with E-state index in [2.05, 4.69) is 44.2 Å². The third kappa shape index (κ3) is 4.11. The molecule has 0 N–H and O–H groups in total. The first-order valence-electron chi connectivity index (χ1n) is 4.47. The zero-order valence-corrected chi connectivity index (χ0v) is 14.6. The molecule has 4 heteroatoms. The SMILES string of the molecule is CCO[C](=[W])/C([Se])=C(/[Se])c1ccccc1. The third-order valence-electron chi connectivity index (χ3n) is 1.70. The van der Waals surface area contributed by atoms with E-state index in [0.717, 1.165) is 13.0 Å². The molecular formula is C11H10OSe2W. The van der Waals surface area contributed by atoms with E-state index in [9.17, 15) is 0 Å². The van der Waals surface area contributed by atoms with E-state index >= 15 is 0 Å². The van der Waals surface area contributed by atoms with E-state index in [1.165, 1.54) is 24.9 Å². The zero-order chi connectivity index (χ0) is 11.3. The number of hydrogen-bond donors (Lipinski definition) is 0. The van der Waals surface area contributed by atoms with Crippen LogP contribution in [0.5, 0.6) is 0 Å². The summed E-state index contributed by atoms with van der Waals surface area (Å²) in [7, 11) is 0. The first kappa shape index (κ1) is 13.6. The number of benzene rings is 1. The second-order valence-corrected chi connectivity index (χ2v) is 5.79. The molecule has 1 nitrogen and oxygen atoms in total. The molecule has 78 valence electrons. The van der Waals surface area contributed by atoms with Gasteiger partial charge in [0.25, 0.3) is 0 Å². The summed E-state index contributed by atoms with van der Waals surface area (Å²) in [5, 5.41) is 0. The van der Waals surface area contributed by atoms with E-state index < -0.39 is 0 Å². The van der Waals surface area contributed by atoms with Gasteiger partial charge in [0.1, 0.15) is 0 Å². The molecule has 0 saturated carbocycles. The van der Waals surface area contributed by atoms with Gasteiger partial charge in [-0.05, 0) is 0 Å². The Bertz CT molecular complexity index is 373. The summed E-state index contributed by atoms with van der Waals surface area (Å²) < 4.78 is 8.70. The fourth-order valence-electron chi connectivity index (χ4n) is 1.01. The summed E-state index contributed by atoms with van der Waals surface area (Å²) in [5.74, 6) is 0. The summed E-state index contributed by atoms with van der Waals surface area (Å²) >= 11 is 7.50. The number of hydrogen-bond acceptors (Lipinski definition) is 1. The van der Waals surface area contributed by atoms with Crippen LogP contribution in [0, 0.1) is 0 Å². The van der Waals surface area contributed by atoms with Gasteiger partial charge in [-0.3, -0.25) is 0 Å². The van der Waals surface area contributed by atoms with Crippen LogP contribution in [0.15, 0.2) is 34.8 Å². The molecule has 0 aliphatic heterocycles. The molecule has 1 aromatic carbocycles. The van der Waals surface area contributed by atoms with Crippen LogP contribution < -0.4 is 0 Å². The molecule has 0 atom stereocenters. The van der Waals surface area contributed by atoms with Crippen molar-refractivity contribution in [3.05, 3.63) is 40.4 Å². The summed E-state index contributed by atoms with van der Waals surface area (Å²) in [6.45, 7) is 2.71. The van der Waals surface area contributed by atoms with Crippen LogP contribution in [0.4, 0.5) is 0 Å². The molecule has 0 amide bonds. The van der Waals surface area contributed by atoms with Crippen LogP contribution in [0.25, 0.3) is 4.47 Å². The third-order valence-corrected chi connectivity index (χ3v) is 6.40. The van der Waals surface area contributed by atoms with E-state index in [0.29, 0.717) is 6.61 Å². The average molecular weight is 500 g/mol. The van der Waals surface area contributed by atoms with Crippen molar-refractivity contribution in [3.63, 3.8) is 0 Å². The molecule has 0 bridgehead atoms. The Morgan fingerprint density at radius 3 is 2.40 bits per heavy atom. The van der Waals surface area contributed by atoms with Gasteiger partial charge in [-0.2, -0.15) is 0 Å². The minimum atomic E-state index is 0.714. The molecule has 0 spiro atoms. The van der Waals surface area contributed by atoms with Crippen molar-refractivity contribution >= 4 is 40.6 Å². The maximum atomic E-state index is 5.49. The minimum absolute atomic E-state index is 0.714. The van der Waals surface area contributed by atoms with Crippen LogP contribution in [0.3, 0.4) is 0 Å². The Morgan fingerprint density at radius 2 is 1.87 bits per heavy atom. The van der Waals surface area contributed by atoms with Crippen molar-refractivity contribution in [3.8, 4) is 0 Å². The maximum absolute atomic E-state index is 5.49. The molecule has 2 radical (unpaired) electrons. The summed E-state index contributed by atoms with van der Waals surface area (Å²) in [6, 6.07) is 10.2. The van der Waals surface area contributed by atoms with Gasteiger partial charge in [-0.1, -0.05) is 0 Å². The van der Waals surface area contributed by atoms with Crippen LogP contribution >= 0.6 is 0 Å². The summed E-state index contributed by atoms with van der Waals surface area (Å²) in [4.78, 5) is 0. The van der Waals surface area contributed by atoms with Gasteiger partial charge in [0.15, 0.2) is 0 Å². The zero-order valence-electron chi connectivity index (χ0n) is 8.23. The van der Waals surface area contributed by atoms with Gasteiger partial charge >= 0.3 is 119 Å². The molecule has 0 unspecified atom stereocenters. The van der Waals surface area contributed by atoms with Gasteiger partial charge in [0.05, 0.1) is 0 Å². The molecule has 0 saturated heterocycles. The van der Waals surface area contributed by atoms with Gasteiger partial charge in [-0.15, -0.1) is 0 Å². The van der Waals surface area contributed by atoms with Gasteiger partial charge in [0, 0.05) is 0 Å². The van der Waals surface area contributed by atoms with Crippen molar-refractivity contribution in [2.45, 2.75) is 6.92 Å². The van der Waals surface area contributed by atoms with E-state index in [-0.39, 0.29) is 0 Å². The fraction of sp³-hybridized carbons (Fsp3) is 0.182. The molecule has 0 aliphatic rings. The molecule has 1 rings (SSSR count). The Morgan fingerprint density at radius 1 is 1.27 bits per heavy atom. The predicted molar refractivity (Wildman–Crippen MR) is 61.5 cm³/mol. The number of ether oxygens (including phenoxy) is 1. The second-order valence-electron chi connectivity index (χ2n) is 2.74. The Labute approximate surface area is 118 Å². The van der Waals surface area contributed by atoms with Crippen LogP contribution in [0.2, 0.25) is 0 Å². The van der Waals surface area contributed by atoms with Crippen LogP contribution in [-0.2, 0) is 24.1 Å². The molecule has 1 aromatic rings. The standard InChI is InChI=1S/C11H10OSe2.W/c1-2-12-8-10(13)11(14)9-6-4-3-5-7-9;/h3-7H,2H2,1H3;/b11-10-;. The van der Waals surface area contributed by atoms with Crippen molar-refractivity contribution in [2.24, 2.45) is 0 Å². The molecule has 0 aliphatic carbocycles. The fourth-order valence-corrected chi connectivity index (χ4v) is 3.23. The van der Waals surface area contributed by atoms with Crippen molar-refractivity contribution in [1.82, 2.24) is 0 Å². The summed E-state index contributed by atoms with van der Waals surface area (Å²) in [6.07, 6.45) is 0. The average Bonchev–Trinajstić information content (AvgIpc) is 2.28. The predicted octanol–water partition coefficient (Wildman–Crippen LogP) is 1.41. The van der Waals surface area contributed by atoms with Crippen molar-refractivity contribution in [2.75, 3.05) is 6.61 Å². The topological polar surface area (TPSA) is 9.23 Å². The first-order valence-corrected chi connectivity index (χ1v) is 7.65. The molecule has 0 aromatic heterocycles. The Hall–Kier alpha value is 0.517. The van der Waals surface area contributed by atoms with Crippen LogP contribution in [-0.4, -0.2) is 42.7 Å². The molecular weight excluding hydrogens is 490 g/mol. The normalized spacial score (nSPS) is 12.1. The van der Waals surface area contributed by atoms with E-state index in [1.54, 1.807) is 0 Å². The molecule has 0 fully saturated rings. The molecule has 0 heterocycles. The van der Waals surface area contributed by atoms with E-state index in [4.69, 9.17) is 4.74 Å². The van der Waals surface area contributed by atoms with Crippen molar-refractivity contribution in [1.29, 1.82) is 0 Å². The van der Waals surface area contributed by atoms with Gasteiger partial charge in [0.2, 0.25) is 0 Å². The Balaban J connectivity index is 2.95. The Kier molecular flexibility index (Phi) is 6.31. The second kappa shape index (κ2) is 6.96. The van der Waals surface area contributed by atoms with E-state index in [1.807, 2.05) is 25.1 Å². The van der Waals surface area contributed by atoms with Crippen molar-refractivity contribution < 1.29 is 24.1 Å². The first-order chi connectivity index (χ1) is 7.16. The quantitative estimate of drug-likeness (QED) is 0.569. The molecule has 15 heavy (non-hydrogen) atoms. The van der Waals surface area contributed by atoms with Gasteiger partial charge in [-0.25, -0.2) is 0 Å². The monoisotopic (exact) mass is 502 g/mol.